The van der Waals surface area contributed by atoms with E-state index < -0.39 is 17.1 Å². The molecule has 244 valence electrons. The highest BCUT2D eigenvalue weighted by molar-refractivity contribution is 5.91. The molecule has 4 aromatic rings. The van der Waals surface area contributed by atoms with Crippen molar-refractivity contribution in [1.82, 2.24) is 14.0 Å². The van der Waals surface area contributed by atoms with E-state index in [-0.39, 0.29) is 24.1 Å². The molecule has 3 heterocycles. The van der Waals surface area contributed by atoms with Gasteiger partial charge in [0.1, 0.15) is 22.7 Å². The first kappa shape index (κ1) is 32.7. The first-order valence-corrected chi connectivity index (χ1v) is 15.5. The third kappa shape index (κ3) is 6.34. The summed E-state index contributed by atoms with van der Waals surface area (Å²) in [6.07, 6.45) is 1.14. The van der Waals surface area contributed by atoms with Crippen LogP contribution in [0.2, 0.25) is 0 Å². The summed E-state index contributed by atoms with van der Waals surface area (Å²) in [7, 11) is 6.47. The highest BCUT2D eigenvalue weighted by atomic mass is 16.6. The number of nitrogens with zero attached hydrogens (tertiary/aromatic N) is 3. The van der Waals surface area contributed by atoms with Gasteiger partial charge in [-0.05, 0) is 81.1 Å². The molecule has 0 radical (unpaired) electrons. The summed E-state index contributed by atoms with van der Waals surface area (Å²) in [5.74, 6) is 0.688. The Labute approximate surface area is 269 Å². The van der Waals surface area contributed by atoms with Crippen LogP contribution in [0.3, 0.4) is 0 Å². The Hall–Kier alpha value is -4.73. The minimum absolute atomic E-state index is 0.0190. The van der Waals surface area contributed by atoms with Crippen molar-refractivity contribution in [3.63, 3.8) is 0 Å². The SMILES string of the molecule is CCc1cc(C(=O)OC)c(=O)n(Cc2ccc(OC)cc2OC)c1-c1ccc2c(c1)cc(C1CCN(C(=O)OC(C)(C)C)C1)n2C. The third-order valence-electron chi connectivity index (χ3n) is 8.59. The lowest BCUT2D eigenvalue weighted by molar-refractivity contribution is 0.0292. The lowest BCUT2D eigenvalue weighted by Crippen LogP contribution is -2.35. The summed E-state index contributed by atoms with van der Waals surface area (Å²) < 4.78 is 25.4. The van der Waals surface area contributed by atoms with E-state index in [0.29, 0.717) is 31.0 Å². The molecule has 1 aliphatic rings. The average Bonchev–Trinajstić information content (AvgIpc) is 3.65. The lowest BCUT2D eigenvalue weighted by Gasteiger charge is -2.24. The van der Waals surface area contributed by atoms with Crippen molar-refractivity contribution in [3.8, 4) is 22.8 Å². The molecule has 1 unspecified atom stereocenters. The number of hydrogen-bond donors (Lipinski definition) is 0. The number of pyridine rings is 1. The predicted octanol–water partition coefficient (Wildman–Crippen LogP) is 6.15. The van der Waals surface area contributed by atoms with Gasteiger partial charge in [-0.15, -0.1) is 0 Å². The van der Waals surface area contributed by atoms with Crippen molar-refractivity contribution >= 4 is 23.0 Å². The van der Waals surface area contributed by atoms with Gasteiger partial charge in [-0.25, -0.2) is 9.59 Å². The third-order valence-corrected chi connectivity index (χ3v) is 8.59. The van der Waals surface area contributed by atoms with Gasteiger partial charge in [0.05, 0.1) is 33.6 Å². The fourth-order valence-electron chi connectivity index (χ4n) is 6.30. The van der Waals surface area contributed by atoms with Crippen molar-refractivity contribution in [2.24, 2.45) is 7.05 Å². The molecule has 46 heavy (non-hydrogen) atoms. The molecule has 0 spiro atoms. The number of carbonyl (C=O) groups is 2. The van der Waals surface area contributed by atoms with Gasteiger partial charge in [0.2, 0.25) is 0 Å². The summed E-state index contributed by atoms with van der Waals surface area (Å²) in [6.45, 7) is 9.02. The molecule has 1 saturated heterocycles. The Morgan fingerprint density at radius 3 is 2.37 bits per heavy atom. The number of carbonyl (C=O) groups excluding carboxylic acids is 2. The summed E-state index contributed by atoms with van der Waals surface area (Å²) >= 11 is 0. The minimum atomic E-state index is -0.679. The number of ether oxygens (including phenoxy) is 4. The molecule has 0 saturated carbocycles. The smallest absolute Gasteiger partial charge is 0.410 e. The molecule has 1 amide bonds. The van der Waals surface area contributed by atoms with Gasteiger partial charge in [0.15, 0.2) is 0 Å². The average molecular weight is 630 g/mol. The zero-order chi connectivity index (χ0) is 33.3. The maximum absolute atomic E-state index is 14.0. The normalized spacial score (nSPS) is 14.9. The zero-order valence-electron chi connectivity index (χ0n) is 27.9. The number of likely N-dealkylation sites (tertiary alicyclic amines) is 1. The summed E-state index contributed by atoms with van der Waals surface area (Å²) in [4.78, 5) is 41.2. The van der Waals surface area contributed by atoms with E-state index in [1.54, 1.807) is 35.8 Å². The molecule has 1 atom stereocenters. The van der Waals surface area contributed by atoms with Crippen molar-refractivity contribution in [1.29, 1.82) is 0 Å². The fourth-order valence-corrected chi connectivity index (χ4v) is 6.30. The number of fused-ring (bicyclic) bond motifs is 1. The number of methoxy groups -OCH3 is 3. The Balaban J connectivity index is 1.59. The first-order valence-electron chi connectivity index (χ1n) is 15.5. The van der Waals surface area contributed by atoms with Gasteiger partial charge < -0.3 is 33.0 Å². The second-order valence-corrected chi connectivity index (χ2v) is 12.7. The monoisotopic (exact) mass is 629 g/mol. The van der Waals surface area contributed by atoms with E-state index in [1.807, 2.05) is 52.9 Å². The summed E-state index contributed by atoms with van der Waals surface area (Å²) in [5, 5.41) is 1.02. The second kappa shape index (κ2) is 12.9. The van der Waals surface area contributed by atoms with Gasteiger partial charge in [0, 0.05) is 54.3 Å². The largest absolute Gasteiger partial charge is 0.497 e. The highest BCUT2D eigenvalue weighted by Crippen LogP contribution is 2.35. The van der Waals surface area contributed by atoms with Crippen LogP contribution >= 0.6 is 0 Å². The molecule has 10 nitrogen and oxygen atoms in total. The van der Waals surface area contributed by atoms with Gasteiger partial charge in [-0.1, -0.05) is 13.0 Å². The predicted molar refractivity (Wildman–Crippen MR) is 177 cm³/mol. The van der Waals surface area contributed by atoms with E-state index in [0.717, 1.165) is 45.4 Å². The molecule has 0 N–H and O–H groups in total. The number of esters is 1. The van der Waals surface area contributed by atoms with Crippen LogP contribution in [0.25, 0.3) is 22.2 Å². The number of benzene rings is 2. The van der Waals surface area contributed by atoms with E-state index in [1.165, 1.54) is 7.11 Å². The highest BCUT2D eigenvalue weighted by Gasteiger charge is 2.32. The Morgan fingerprint density at radius 1 is 0.957 bits per heavy atom. The van der Waals surface area contributed by atoms with Crippen LogP contribution in [-0.2, 0) is 29.5 Å². The lowest BCUT2D eigenvalue weighted by atomic mass is 9.99. The number of aryl methyl sites for hydroxylation is 2. The molecule has 1 fully saturated rings. The van der Waals surface area contributed by atoms with Crippen molar-refractivity contribution in [2.75, 3.05) is 34.4 Å². The molecule has 0 aliphatic carbocycles. The van der Waals surface area contributed by atoms with Gasteiger partial charge in [-0.2, -0.15) is 0 Å². The number of aromatic nitrogens is 2. The molecule has 5 rings (SSSR count). The number of hydrogen-bond acceptors (Lipinski definition) is 7. The van der Waals surface area contributed by atoms with E-state index >= 15 is 0 Å². The van der Waals surface area contributed by atoms with Crippen LogP contribution in [0.4, 0.5) is 4.79 Å². The van der Waals surface area contributed by atoms with Gasteiger partial charge in [-0.3, -0.25) is 4.79 Å². The van der Waals surface area contributed by atoms with Gasteiger partial charge >= 0.3 is 12.1 Å². The molecule has 1 aliphatic heterocycles. The fraction of sp³-hybridized carbons (Fsp3) is 0.417. The van der Waals surface area contributed by atoms with Crippen molar-refractivity contribution in [2.45, 2.75) is 58.6 Å². The standard InChI is InChI=1S/C36H43N3O7/c1-9-22-17-28(34(41)45-8)33(40)39(21-25-10-12-27(43-6)19-31(25)44-7)32(22)23-11-13-29-26(16-23)18-30(37(29)5)24-14-15-38(20-24)35(42)46-36(2,3)4/h10-13,16-19,24H,9,14-15,20-21H2,1-8H3. The Morgan fingerprint density at radius 2 is 1.72 bits per heavy atom. The summed E-state index contributed by atoms with van der Waals surface area (Å²) in [5.41, 5.74) is 4.35. The molecule has 10 heteroatoms. The number of amides is 1. The van der Waals surface area contributed by atoms with Crippen LogP contribution in [0, 0.1) is 0 Å². The Kier molecular flexibility index (Phi) is 9.19. The zero-order valence-corrected chi connectivity index (χ0v) is 27.9. The first-order chi connectivity index (χ1) is 21.9. The van der Waals surface area contributed by atoms with Crippen molar-refractivity contribution in [3.05, 3.63) is 81.3 Å². The van der Waals surface area contributed by atoms with Crippen LogP contribution in [0.15, 0.2) is 53.3 Å². The molecular formula is C36H43N3O7. The van der Waals surface area contributed by atoms with E-state index in [4.69, 9.17) is 18.9 Å². The molecular weight excluding hydrogens is 586 g/mol. The van der Waals surface area contributed by atoms with Crippen LogP contribution < -0.4 is 15.0 Å². The van der Waals surface area contributed by atoms with Gasteiger partial charge in [0.25, 0.3) is 5.56 Å². The molecule has 2 aromatic carbocycles. The van der Waals surface area contributed by atoms with Crippen LogP contribution in [0.1, 0.15) is 67.2 Å². The van der Waals surface area contributed by atoms with Crippen LogP contribution in [-0.4, -0.2) is 66.1 Å². The maximum Gasteiger partial charge on any atom is 0.410 e. The minimum Gasteiger partial charge on any atom is -0.497 e. The Bertz CT molecular complexity index is 1850. The number of rotatable bonds is 8. The van der Waals surface area contributed by atoms with Crippen LogP contribution in [0.5, 0.6) is 11.5 Å². The van der Waals surface area contributed by atoms with Crippen molar-refractivity contribution < 1.29 is 28.5 Å². The molecule has 2 aromatic heterocycles. The second-order valence-electron chi connectivity index (χ2n) is 12.7. The maximum atomic E-state index is 14.0. The van der Waals surface area contributed by atoms with E-state index in [9.17, 15) is 14.4 Å². The summed E-state index contributed by atoms with van der Waals surface area (Å²) in [6, 6.07) is 15.4. The quantitative estimate of drug-likeness (QED) is 0.216. The molecule has 0 bridgehead atoms. The van der Waals surface area contributed by atoms with E-state index in [2.05, 4.69) is 22.8 Å². The topological polar surface area (TPSA) is 101 Å².